The highest BCUT2D eigenvalue weighted by Crippen LogP contribution is 2.14. The second-order valence-corrected chi connectivity index (χ2v) is 4.86. The summed E-state index contributed by atoms with van der Waals surface area (Å²) in [7, 11) is 0. The Morgan fingerprint density at radius 2 is 2.32 bits per heavy atom. The van der Waals surface area contributed by atoms with Gasteiger partial charge in [0.15, 0.2) is 0 Å². The fourth-order valence-corrected chi connectivity index (χ4v) is 2.06. The van der Waals surface area contributed by atoms with Crippen molar-refractivity contribution in [3.8, 4) is 0 Å². The summed E-state index contributed by atoms with van der Waals surface area (Å²) in [6, 6.07) is 3.01. The Morgan fingerprint density at radius 1 is 1.53 bits per heavy atom. The molecule has 6 nitrogen and oxygen atoms in total. The predicted molar refractivity (Wildman–Crippen MR) is 68.8 cm³/mol. The van der Waals surface area contributed by atoms with E-state index in [1.165, 1.54) is 12.3 Å². The summed E-state index contributed by atoms with van der Waals surface area (Å²) in [4.78, 5) is 28.1. The number of likely N-dealkylation sites (tertiary alicyclic amines) is 1. The average Bonchev–Trinajstić information content (AvgIpc) is 2.83. The second kappa shape index (κ2) is 5.69. The van der Waals surface area contributed by atoms with Gasteiger partial charge in [-0.3, -0.25) is 0 Å². The lowest BCUT2D eigenvalue weighted by atomic mass is 10.2. The van der Waals surface area contributed by atoms with Gasteiger partial charge in [-0.15, -0.1) is 0 Å². The van der Waals surface area contributed by atoms with Gasteiger partial charge in [0.1, 0.15) is 5.69 Å². The smallest absolute Gasteiger partial charge is 0.354 e. The molecule has 0 spiro atoms. The minimum Gasteiger partial charge on any atom is -0.477 e. The van der Waals surface area contributed by atoms with Crippen molar-refractivity contribution in [2.45, 2.75) is 19.9 Å². The van der Waals surface area contributed by atoms with Gasteiger partial charge in [0.05, 0.1) is 0 Å². The number of pyridine rings is 1. The highest BCUT2D eigenvalue weighted by molar-refractivity contribution is 5.85. The third kappa shape index (κ3) is 3.43. The third-order valence-corrected chi connectivity index (χ3v) is 3.20. The van der Waals surface area contributed by atoms with Crippen LogP contribution in [0.5, 0.6) is 0 Å². The Balaban J connectivity index is 1.85. The van der Waals surface area contributed by atoms with E-state index in [-0.39, 0.29) is 11.7 Å². The van der Waals surface area contributed by atoms with Gasteiger partial charge in [-0.2, -0.15) is 0 Å². The Labute approximate surface area is 111 Å². The number of aromatic carboxylic acids is 1. The Morgan fingerprint density at radius 3 is 2.84 bits per heavy atom. The van der Waals surface area contributed by atoms with Gasteiger partial charge in [-0.05, 0) is 24.0 Å². The number of hydrogen-bond donors (Lipinski definition) is 2. The first-order valence-corrected chi connectivity index (χ1v) is 6.27. The summed E-state index contributed by atoms with van der Waals surface area (Å²) >= 11 is 0. The van der Waals surface area contributed by atoms with Crippen LogP contribution in [-0.4, -0.2) is 40.1 Å². The predicted octanol–water partition coefficient (Wildman–Crippen LogP) is 1.33. The number of carbonyl (C=O) groups excluding carboxylic acids is 1. The minimum atomic E-state index is -1.05. The molecule has 2 N–H and O–H groups in total. The van der Waals surface area contributed by atoms with Crippen LogP contribution in [0.3, 0.4) is 0 Å². The molecule has 0 aromatic carbocycles. The molecule has 102 valence electrons. The number of nitrogens with one attached hydrogen (secondary N) is 1. The Kier molecular flexibility index (Phi) is 3.99. The molecule has 0 aliphatic carbocycles. The van der Waals surface area contributed by atoms with Crippen molar-refractivity contribution in [2.75, 3.05) is 13.1 Å². The lowest BCUT2D eigenvalue weighted by molar-refractivity contribution is 0.0690. The fourth-order valence-electron chi connectivity index (χ4n) is 2.06. The molecular formula is C13H17N3O3. The summed E-state index contributed by atoms with van der Waals surface area (Å²) in [5.74, 6) is -0.496. The number of carboxylic acids is 1. The Hall–Kier alpha value is -2.11. The van der Waals surface area contributed by atoms with Gasteiger partial charge in [-0.25, -0.2) is 14.6 Å². The van der Waals surface area contributed by atoms with Gasteiger partial charge in [0.25, 0.3) is 0 Å². The monoisotopic (exact) mass is 263 g/mol. The minimum absolute atomic E-state index is 0.00319. The first kappa shape index (κ1) is 13.3. The third-order valence-electron chi connectivity index (χ3n) is 3.20. The first-order chi connectivity index (χ1) is 9.06. The van der Waals surface area contributed by atoms with Crippen LogP contribution in [0.4, 0.5) is 4.79 Å². The van der Waals surface area contributed by atoms with Crippen LogP contribution >= 0.6 is 0 Å². The molecule has 1 aromatic rings. The molecule has 0 radical (unpaired) electrons. The van der Waals surface area contributed by atoms with Crippen molar-refractivity contribution in [2.24, 2.45) is 5.92 Å². The second-order valence-electron chi connectivity index (χ2n) is 4.86. The van der Waals surface area contributed by atoms with Gasteiger partial charge < -0.3 is 15.3 Å². The highest BCUT2D eigenvalue weighted by Gasteiger charge is 2.22. The molecule has 6 heteroatoms. The van der Waals surface area contributed by atoms with Crippen LogP contribution in [0.15, 0.2) is 18.3 Å². The molecule has 1 aliphatic heterocycles. The van der Waals surface area contributed by atoms with Crippen LogP contribution < -0.4 is 5.32 Å². The molecule has 19 heavy (non-hydrogen) atoms. The molecule has 1 saturated heterocycles. The van der Waals surface area contributed by atoms with Crippen LogP contribution in [0.1, 0.15) is 29.4 Å². The summed E-state index contributed by atoms with van der Waals surface area (Å²) < 4.78 is 0. The summed E-state index contributed by atoms with van der Waals surface area (Å²) in [6.07, 6.45) is 2.51. The molecule has 2 amide bonds. The van der Waals surface area contributed by atoms with Gasteiger partial charge in [0, 0.05) is 25.8 Å². The van der Waals surface area contributed by atoms with Crippen LogP contribution in [0.25, 0.3) is 0 Å². The number of aromatic nitrogens is 1. The van der Waals surface area contributed by atoms with E-state index in [9.17, 15) is 9.59 Å². The first-order valence-electron chi connectivity index (χ1n) is 6.27. The zero-order chi connectivity index (χ0) is 13.8. The van der Waals surface area contributed by atoms with E-state index in [1.807, 2.05) is 0 Å². The number of rotatable bonds is 3. The summed E-state index contributed by atoms with van der Waals surface area (Å²) in [6.45, 7) is 4.07. The maximum absolute atomic E-state index is 11.8. The maximum Gasteiger partial charge on any atom is 0.354 e. The molecule has 1 aromatic heterocycles. The van der Waals surface area contributed by atoms with Crippen molar-refractivity contribution in [1.82, 2.24) is 15.2 Å². The molecule has 0 saturated carbocycles. The molecule has 1 aliphatic rings. The largest absolute Gasteiger partial charge is 0.477 e. The van der Waals surface area contributed by atoms with E-state index in [2.05, 4.69) is 17.2 Å². The van der Waals surface area contributed by atoms with Gasteiger partial charge in [0.2, 0.25) is 0 Å². The van der Waals surface area contributed by atoms with E-state index < -0.39 is 5.97 Å². The number of carbonyl (C=O) groups is 2. The number of amides is 2. The lowest BCUT2D eigenvalue weighted by Gasteiger charge is -2.16. The zero-order valence-electron chi connectivity index (χ0n) is 10.8. The standard InChI is InChI=1S/C13H17N3O3/c1-9-4-5-16(8-9)13(19)15-7-10-2-3-11(12(17)18)14-6-10/h2-3,6,9H,4-5,7-8H2,1H3,(H,15,19)(H,17,18). The number of urea groups is 1. The molecule has 1 atom stereocenters. The fraction of sp³-hybridized carbons (Fsp3) is 0.462. The normalized spacial score (nSPS) is 18.4. The number of hydrogen-bond acceptors (Lipinski definition) is 3. The van der Waals surface area contributed by atoms with E-state index in [4.69, 9.17) is 5.11 Å². The van der Waals surface area contributed by atoms with E-state index in [0.29, 0.717) is 12.5 Å². The van der Waals surface area contributed by atoms with Crippen molar-refractivity contribution < 1.29 is 14.7 Å². The van der Waals surface area contributed by atoms with Crippen molar-refractivity contribution in [1.29, 1.82) is 0 Å². The summed E-state index contributed by atoms with van der Waals surface area (Å²) in [5.41, 5.74) is 0.786. The Bertz CT molecular complexity index is 473. The van der Waals surface area contributed by atoms with Crippen LogP contribution in [0, 0.1) is 5.92 Å². The van der Waals surface area contributed by atoms with E-state index >= 15 is 0 Å². The molecule has 2 rings (SSSR count). The van der Waals surface area contributed by atoms with Crippen molar-refractivity contribution in [3.63, 3.8) is 0 Å². The van der Waals surface area contributed by atoms with Crippen LogP contribution in [-0.2, 0) is 6.54 Å². The zero-order valence-corrected chi connectivity index (χ0v) is 10.8. The van der Waals surface area contributed by atoms with Crippen molar-refractivity contribution in [3.05, 3.63) is 29.6 Å². The molecule has 2 heterocycles. The lowest BCUT2D eigenvalue weighted by Crippen LogP contribution is -2.38. The van der Waals surface area contributed by atoms with Crippen molar-refractivity contribution >= 4 is 12.0 Å². The van der Waals surface area contributed by atoms with E-state index in [1.54, 1.807) is 11.0 Å². The average molecular weight is 263 g/mol. The maximum atomic E-state index is 11.8. The SMILES string of the molecule is CC1CCN(C(=O)NCc2ccc(C(=O)O)nc2)C1. The molecule has 1 fully saturated rings. The summed E-state index contributed by atoms with van der Waals surface area (Å²) in [5, 5.41) is 11.5. The van der Waals surface area contributed by atoms with Gasteiger partial charge in [-0.1, -0.05) is 13.0 Å². The molecule has 1 unspecified atom stereocenters. The van der Waals surface area contributed by atoms with E-state index in [0.717, 1.165) is 25.1 Å². The van der Waals surface area contributed by atoms with Crippen LogP contribution in [0.2, 0.25) is 0 Å². The topological polar surface area (TPSA) is 82.5 Å². The molecular weight excluding hydrogens is 246 g/mol. The number of nitrogens with zero attached hydrogens (tertiary/aromatic N) is 2. The number of carboxylic acid groups (broad SMARTS) is 1. The van der Waals surface area contributed by atoms with Gasteiger partial charge >= 0.3 is 12.0 Å². The highest BCUT2D eigenvalue weighted by atomic mass is 16.4. The molecule has 0 bridgehead atoms. The quantitative estimate of drug-likeness (QED) is 0.862.